The third kappa shape index (κ3) is 4.17. The molecule has 2 heterocycles. The fourth-order valence-corrected chi connectivity index (χ4v) is 5.28. The molecule has 1 N–H and O–H groups in total. The van der Waals surface area contributed by atoms with Crippen molar-refractivity contribution in [2.75, 3.05) is 19.6 Å². The molecule has 1 aromatic carbocycles. The van der Waals surface area contributed by atoms with E-state index in [0.29, 0.717) is 35.6 Å². The first-order valence-electron chi connectivity index (χ1n) is 10.1. The number of likely N-dealkylation sites (tertiary alicyclic amines) is 1. The minimum absolute atomic E-state index is 0. The Labute approximate surface area is 178 Å². The Balaban J connectivity index is 0.00000225. The van der Waals surface area contributed by atoms with Crippen molar-refractivity contribution in [1.82, 2.24) is 15.1 Å². The lowest BCUT2D eigenvalue weighted by molar-refractivity contribution is -0.136. The van der Waals surface area contributed by atoms with Crippen molar-refractivity contribution >= 4 is 35.8 Å². The molecular weight excluding hydrogens is 397 g/mol. The molecule has 2 amide bonds. The molecule has 1 aromatic rings. The van der Waals surface area contributed by atoms with Crippen molar-refractivity contribution < 1.29 is 9.59 Å². The number of fused-ring (bicyclic) bond motifs is 1. The van der Waals surface area contributed by atoms with E-state index in [-0.39, 0.29) is 36.3 Å². The van der Waals surface area contributed by atoms with Crippen LogP contribution in [-0.4, -0.2) is 59.4 Å². The lowest BCUT2D eigenvalue weighted by atomic mass is 9.84. The van der Waals surface area contributed by atoms with E-state index in [2.05, 4.69) is 12.2 Å². The topological polar surface area (TPSA) is 52.7 Å². The number of benzene rings is 1. The maximum atomic E-state index is 13.4. The Hall–Kier alpha value is -1.30. The average molecular weight is 426 g/mol. The highest BCUT2D eigenvalue weighted by atomic mass is 35.5. The minimum atomic E-state index is -0.338. The van der Waals surface area contributed by atoms with E-state index in [1.807, 2.05) is 9.80 Å². The molecule has 3 aliphatic rings. The molecule has 0 radical (unpaired) electrons. The number of halogens is 2. The molecule has 2 aliphatic heterocycles. The number of piperazine rings is 1. The Morgan fingerprint density at radius 1 is 1.21 bits per heavy atom. The zero-order chi connectivity index (χ0) is 19.0. The van der Waals surface area contributed by atoms with Crippen molar-refractivity contribution in [2.45, 2.75) is 57.2 Å². The number of rotatable bonds is 2. The van der Waals surface area contributed by atoms with E-state index in [0.717, 1.165) is 32.2 Å². The smallest absolute Gasteiger partial charge is 0.254 e. The van der Waals surface area contributed by atoms with Crippen LogP contribution in [0.1, 0.15) is 49.4 Å². The molecule has 154 valence electrons. The van der Waals surface area contributed by atoms with Crippen LogP contribution in [0.3, 0.4) is 0 Å². The quantitative estimate of drug-likeness (QED) is 0.789. The van der Waals surface area contributed by atoms with Crippen LogP contribution in [0.5, 0.6) is 0 Å². The Bertz CT molecular complexity index is 729. The van der Waals surface area contributed by atoms with Gasteiger partial charge >= 0.3 is 0 Å². The summed E-state index contributed by atoms with van der Waals surface area (Å²) in [4.78, 5) is 30.6. The van der Waals surface area contributed by atoms with Crippen LogP contribution < -0.4 is 5.32 Å². The number of hydrogen-bond donors (Lipinski definition) is 1. The maximum Gasteiger partial charge on any atom is 0.254 e. The van der Waals surface area contributed by atoms with Crippen molar-refractivity contribution in [3.63, 3.8) is 0 Å². The second-order valence-electron chi connectivity index (χ2n) is 8.23. The maximum absolute atomic E-state index is 13.4. The van der Waals surface area contributed by atoms with Gasteiger partial charge in [-0.25, -0.2) is 0 Å². The lowest BCUT2D eigenvalue weighted by Crippen LogP contribution is -2.57. The summed E-state index contributed by atoms with van der Waals surface area (Å²) < 4.78 is 0. The van der Waals surface area contributed by atoms with Gasteiger partial charge in [-0.2, -0.15) is 0 Å². The highest BCUT2D eigenvalue weighted by Crippen LogP contribution is 2.41. The van der Waals surface area contributed by atoms with Gasteiger partial charge in [-0.1, -0.05) is 30.5 Å². The van der Waals surface area contributed by atoms with E-state index < -0.39 is 0 Å². The van der Waals surface area contributed by atoms with Crippen molar-refractivity contribution in [2.24, 2.45) is 5.92 Å². The van der Waals surface area contributed by atoms with E-state index in [9.17, 15) is 9.59 Å². The summed E-state index contributed by atoms with van der Waals surface area (Å²) >= 11 is 6.12. The number of hydrogen-bond acceptors (Lipinski definition) is 3. The van der Waals surface area contributed by atoms with Gasteiger partial charge in [0.15, 0.2) is 0 Å². The van der Waals surface area contributed by atoms with Gasteiger partial charge in [0.05, 0.1) is 0 Å². The van der Waals surface area contributed by atoms with Crippen LogP contribution in [0.2, 0.25) is 5.02 Å². The van der Waals surface area contributed by atoms with Crippen LogP contribution in [0.4, 0.5) is 0 Å². The first-order chi connectivity index (χ1) is 13.0. The molecule has 1 saturated carbocycles. The molecule has 0 spiro atoms. The Morgan fingerprint density at radius 3 is 2.75 bits per heavy atom. The van der Waals surface area contributed by atoms with Gasteiger partial charge in [0.1, 0.15) is 6.04 Å². The summed E-state index contributed by atoms with van der Waals surface area (Å²) in [6.07, 6.45) is 5.25. The summed E-state index contributed by atoms with van der Waals surface area (Å²) in [6, 6.07) is 7.24. The molecule has 1 aliphatic carbocycles. The van der Waals surface area contributed by atoms with Gasteiger partial charge in [0, 0.05) is 42.3 Å². The molecule has 3 fully saturated rings. The highest BCUT2D eigenvalue weighted by Gasteiger charge is 2.48. The Kier molecular flexibility index (Phi) is 6.89. The van der Waals surface area contributed by atoms with Gasteiger partial charge in [-0.15, -0.1) is 12.4 Å². The van der Waals surface area contributed by atoms with Gasteiger partial charge in [-0.3, -0.25) is 9.59 Å². The van der Waals surface area contributed by atoms with Crippen LogP contribution in [-0.2, 0) is 4.79 Å². The zero-order valence-electron chi connectivity index (χ0n) is 16.3. The highest BCUT2D eigenvalue weighted by molar-refractivity contribution is 6.31. The third-order valence-electron chi connectivity index (χ3n) is 6.36. The first-order valence-corrected chi connectivity index (χ1v) is 10.5. The summed E-state index contributed by atoms with van der Waals surface area (Å²) in [6.45, 7) is 4.34. The van der Waals surface area contributed by atoms with Crippen LogP contribution >= 0.6 is 24.0 Å². The van der Waals surface area contributed by atoms with Gasteiger partial charge in [0.2, 0.25) is 5.91 Å². The van der Waals surface area contributed by atoms with Crippen LogP contribution in [0.25, 0.3) is 0 Å². The third-order valence-corrected chi connectivity index (χ3v) is 6.59. The molecule has 4 unspecified atom stereocenters. The lowest BCUT2D eigenvalue weighted by Gasteiger charge is -2.37. The van der Waals surface area contributed by atoms with Crippen LogP contribution in [0.15, 0.2) is 24.3 Å². The minimum Gasteiger partial charge on any atom is -0.338 e. The number of amides is 2. The van der Waals surface area contributed by atoms with Crippen molar-refractivity contribution in [3.8, 4) is 0 Å². The van der Waals surface area contributed by atoms with E-state index in [1.54, 1.807) is 24.3 Å². The molecule has 0 bridgehead atoms. The monoisotopic (exact) mass is 425 g/mol. The standard InChI is InChI=1S/C21H28ClN3O2.ClH/c1-14-13-24(10-9-23-14)21(27)19-12-15-5-2-3-8-18(15)25(19)20(26)16-6-4-7-17(22)11-16;/h4,6-7,11,14-15,18-19,23H,2-3,5,8-10,12-13H2,1H3;1H. The first kappa shape index (κ1) is 21.4. The molecule has 5 nitrogen and oxygen atoms in total. The van der Waals surface area contributed by atoms with E-state index in [4.69, 9.17) is 11.6 Å². The molecule has 28 heavy (non-hydrogen) atoms. The van der Waals surface area contributed by atoms with E-state index in [1.165, 1.54) is 6.42 Å². The summed E-state index contributed by atoms with van der Waals surface area (Å²) in [7, 11) is 0. The second kappa shape index (κ2) is 9.02. The Morgan fingerprint density at radius 2 is 2.00 bits per heavy atom. The second-order valence-corrected chi connectivity index (χ2v) is 8.66. The summed E-state index contributed by atoms with van der Waals surface area (Å²) in [5.74, 6) is 0.512. The molecule has 0 aromatic heterocycles. The summed E-state index contributed by atoms with van der Waals surface area (Å²) in [5, 5.41) is 3.94. The number of carbonyl (C=O) groups excluding carboxylic acids is 2. The number of nitrogens with zero attached hydrogens (tertiary/aromatic N) is 2. The average Bonchev–Trinajstić information content (AvgIpc) is 3.06. The van der Waals surface area contributed by atoms with Crippen molar-refractivity contribution in [1.29, 1.82) is 0 Å². The largest absolute Gasteiger partial charge is 0.338 e. The predicted octanol–water partition coefficient (Wildman–Crippen LogP) is 3.36. The SMILES string of the molecule is CC1CN(C(=O)C2CC3CCCCC3N2C(=O)c2cccc(Cl)c2)CCN1.Cl. The zero-order valence-corrected chi connectivity index (χ0v) is 17.8. The predicted molar refractivity (Wildman–Crippen MR) is 113 cm³/mol. The van der Waals surface area contributed by atoms with Gasteiger partial charge < -0.3 is 15.1 Å². The fourth-order valence-electron chi connectivity index (χ4n) is 5.09. The number of carbonyl (C=O) groups is 2. The number of nitrogens with one attached hydrogen (secondary N) is 1. The molecule has 7 heteroatoms. The molecule has 2 saturated heterocycles. The van der Waals surface area contributed by atoms with Gasteiger partial charge in [-0.05, 0) is 50.3 Å². The molecular formula is C21H29Cl2N3O2. The normalized spacial score (nSPS) is 29.8. The van der Waals surface area contributed by atoms with Crippen LogP contribution in [0, 0.1) is 5.92 Å². The summed E-state index contributed by atoms with van der Waals surface area (Å²) in [5.41, 5.74) is 0.584. The fraction of sp³-hybridized carbons (Fsp3) is 0.619. The molecule has 4 atom stereocenters. The molecule has 4 rings (SSSR count). The van der Waals surface area contributed by atoms with Gasteiger partial charge in [0.25, 0.3) is 5.91 Å². The van der Waals surface area contributed by atoms with Crippen molar-refractivity contribution in [3.05, 3.63) is 34.9 Å². The van der Waals surface area contributed by atoms with E-state index >= 15 is 0 Å².